The minimum absolute atomic E-state index is 0.0485. The zero-order valence-electron chi connectivity index (χ0n) is 13.3. The first-order valence-electron chi connectivity index (χ1n) is 8.10. The van der Waals surface area contributed by atoms with Crippen LogP contribution in [0.4, 0.5) is 0 Å². The highest BCUT2D eigenvalue weighted by molar-refractivity contribution is 7.18. The van der Waals surface area contributed by atoms with Gasteiger partial charge in [0, 0.05) is 6.04 Å². The van der Waals surface area contributed by atoms with E-state index in [0.29, 0.717) is 6.04 Å². The molecule has 1 fully saturated rings. The van der Waals surface area contributed by atoms with Gasteiger partial charge in [-0.15, -0.1) is 11.3 Å². The Hall–Kier alpha value is -1.46. The van der Waals surface area contributed by atoms with Gasteiger partial charge in [0.05, 0.1) is 17.3 Å². The van der Waals surface area contributed by atoms with Crippen molar-refractivity contribution in [2.24, 2.45) is 0 Å². The molecule has 2 aromatic rings. The molecule has 3 rings (SSSR count). The van der Waals surface area contributed by atoms with Crippen molar-refractivity contribution in [3.63, 3.8) is 0 Å². The largest absolute Gasteiger partial charge is 0.348 e. The summed E-state index contributed by atoms with van der Waals surface area (Å²) in [4.78, 5) is 18.2. The van der Waals surface area contributed by atoms with E-state index in [1.165, 1.54) is 22.4 Å². The normalized spacial score (nSPS) is 18.5. The quantitative estimate of drug-likeness (QED) is 0.882. The molecule has 1 aromatic carbocycles. The first-order valence-corrected chi connectivity index (χ1v) is 8.92. The molecule has 0 aliphatic heterocycles. The molecule has 118 valence electrons. The van der Waals surface area contributed by atoms with E-state index in [1.807, 2.05) is 25.1 Å². The average Bonchev–Trinajstić information content (AvgIpc) is 3.14. The minimum Gasteiger partial charge on any atom is -0.348 e. The van der Waals surface area contributed by atoms with Gasteiger partial charge in [0.25, 0.3) is 5.91 Å². The number of hydrogen-bond donors (Lipinski definition) is 2. The fourth-order valence-electron chi connectivity index (χ4n) is 3.01. The van der Waals surface area contributed by atoms with Crippen LogP contribution in [0.15, 0.2) is 24.3 Å². The lowest BCUT2D eigenvalue weighted by Gasteiger charge is -2.22. The van der Waals surface area contributed by atoms with E-state index in [0.717, 1.165) is 29.9 Å². The Morgan fingerprint density at radius 2 is 2.14 bits per heavy atom. The molecule has 0 bridgehead atoms. The number of quaternary nitrogens is 1. The maximum atomic E-state index is 12.4. The van der Waals surface area contributed by atoms with Crippen molar-refractivity contribution < 1.29 is 9.69 Å². The van der Waals surface area contributed by atoms with Crippen LogP contribution in [-0.2, 0) is 11.3 Å². The molecule has 4 nitrogen and oxygen atoms in total. The summed E-state index contributed by atoms with van der Waals surface area (Å²) in [6, 6.07) is 8.54. The molecule has 22 heavy (non-hydrogen) atoms. The molecule has 2 atom stereocenters. The standard InChI is InChI=1S/C17H23N3OS/c1-12(17(21)18-13-7-3-4-8-13)20(2)11-16-19-14-9-5-6-10-15(14)22-16/h5-6,9-10,12-13H,3-4,7-8,11H2,1-2H3,(H,18,21)/p+1/t12-/m1/s1. The number of nitrogens with zero attached hydrogens (tertiary/aromatic N) is 1. The van der Waals surface area contributed by atoms with Gasteiger partial charge in [-0.2, -0.15) is 0 Å². The smallest absolute Gasteiger partial charge is 0.278 e. The fourth-order valence-corrected chi connectivity index (χ4v) is 4.07. The van der Waals surface area contributed by atoms with Crippen molar-refractivity contribution in [1.29, 1.82) is 0 Å². The lowest BCUT2D eigenvalue weighted by molar-refractivity contribution is -0.908. The number of fused-ring (bicyclic) bond motifs is 1. The number of benzene rings is 1. The van der Waals surface area contributed by atoms with Crippen LogP contribution in [0.5, 0.6) is 0 Å². The molecule has 1 aliphatic rings. The minimum atomic E-state index is -0.0485. The van der Waals surface area contributed by atoms with Gasteiger partial charge in [-0.25, -0.2) is 4.98 Å². The molecular formula is C17H24N3OS+. The van der Waals surface area contributed by atoms with Gasteiger partial charge in [-0.1, -0.05) is 25.0 Å². The summed E-state index contributed by atoms with van der Waals surface area (Å²) in [6.45, 7) is 2.80. The Kier molecular flexibility index (Phi) is 4.74. The summed E-state index contributed by atoms with van der Waals surface area (Å²) in [7, 11) is 2.07. The molecule has 1 saturated carbocycles. The molecule has 0 spiro atoms. The summed E-state index contributed by atoms with van der Waals surface area (Å²) in [5, 5.41) is 4.29. The lowest BCUT2D eigenvalue weighted by Crippen LogP contribution is -3.12. The van der Waals surface area contributed by atoms with Crippen molar-refractivity contribution in [2.45, 2.75) is 51.2 Å². The zero-order chi connectivity index (χ0) is 15.5. The number of likely N-dealkylation sites (N-methyl/N-ethyl adjacent to an activating group) is 1. The first-order chi connectivity index (χ1) is 10.6. The molecule has 5 heteroatoms. The summed E-state index contributed by atoms with van der Waals surface area (Å²) < 4.78 is 1.22. The third-order valence-corrected chi connectivity index (χ3v) is 5.64. The predicted octanol–water partition coefficient (Wildman–Crippen LogP) is 1.76. The molecule has 1 amide bonds. The highest BCUT2D eigenvalue weighted by Crippen LogP contribution is 2.21. The third kappa shape index (κ3) is 3.47. The fraction of sp³-hybridized carbons (Fsp3) is 0.529. The van der Waals surface area contributed by atoms with Crippen molar-refractivity contribution in [2.75, 3.05) is 7.05 Å². The van der Waals surface area contributed by atoms with Crippen LogP contribution >= 0.6 is 11.3 Å². The van der Waals surface area contributed by atoms with Crippen LogP contribution in [-0.4, -0.2) is 30.0 Å². The van der Waals surface area contributed by atoms with Crippen molar-refractivity contribution in [3.05, 3.63) is 29.3 Å². The Balaban J connectivity index is 1.60. The van der Waals surface area contributed by atoms with E-state index >= 15 is 0 Å². The van der Waals surface area contributed by atoms with Gasteiger partial charge in [0.15, 0.2) is 6.04 Å². The number of amides is 1. The number of thiazole rings is 1. The number of carbonyl (C=O) groups is 1. The number of para-hydroxylation sites is 1. The van der Waals surface area contributed by atoms with E-state index in [2.05, 4.69) is 23.4 Å². The first kappa shape index (κ1) is 15.4. The van der Waals surface area contributed by atoms with Crippen LogP contribution in [0.3, 0.4) is 0 Å². The van der Waals surface area contributed by atoms with Crippen molar-refractivity contribution in [3.8, 4) is 0 Å². The second-order valence-electron chi connectivity index (χ2n) is 6.31. The molecular weight excluding hydrogens is 294 g/mol. The van der Waals surface area contributed by atoms with Crippen molar-refractivity contribution >= 4 is 27.5 Å². The van der Waals surface area contributed by atoms with Crippen LogP contribution in [0.2, 0.25) is 0 Å². The SMILES string of the molecule is C[C@H](C(=O)NC1CCCC1)[NH+](C)Cc1nc2ccccc2s1. The molecule has 1 aromatic heterocycles. The summed E-state index contributed by atoms with van der Waals surface area (Å²) in [6.07, 6.45) is 4.76. The maximum absolute atomic E-state index is 12.4. The van der Waals surface area contributed by atoms with Crippen LogP contribution in [0.25, 0.3) is 10.2 Å². The topological polar surface area (TPSA) is 46.4 Å². The van der Waals surface area contributed by atoms with Gasteiger partial charge >= 0.3 is 0 Å². The summed E-state index contributed by atoms with van der Waals surface area (Å²) in [5.41, 5.74) is 1.05. The Morgan fingerprint density at radius 3 is 2.86 bits per heavy atom. The van der Waals surface area contributed by atoms with Gasteiger partial charge in [0.2, 0.25) is 0 Å². The predicted molar refractivity (Wildman–Crippen MR) is 90.1 cm³/mol. The van der Waals surface area contributed by atoms with E-state index < -0.39 is 0 Å². The third-order valence-electron chi connectivity index (χ3n) is 4.60. The molecule has 2 N–H and O–H groups in total. The van der Waals surface area contributed by atoms with Gasteiger partial charge in [-0.3, -0.25) is 4.79 Å². The van der Waals surface area contributed by atoms with Crippen LogP contribution in [0.1, 0.15) is 37.6 Å². The molecule has 0 radical (unpaired) electrons. The Labute approximate surface area is 135 Å². The number of hydrogen-bond acceptors (Lipinski definition) is 3. The summed E-state index contributed by atoms with van der Waals surface area (Å²) in [5.74, 6) is 0.172. The lowest BCUT2D eigenvalue weighted by atomic mass is 10.2. The second-order valence-corrected chi connectivity index (χ2v) is 7.43. The molecule has 1 heterocycles. The Bertz CT molecular complexity index is 615. The monoisotopic (exact) mass is 318 g/mol. The van der Waals surface area contributed by atoms with E-state index in [1.54, 1.807) is 11.3 Å². The van der Waals surface area contributed by atoms with E-state index in [9.17, 15) is 4.79 Å². The molecule has 1 unspecified atom stereocenters. The molecule has 0 saturated heterocycles. The van der Waals surface area contributed by atoms with E-state index in [4.69, 9.17) is 0 Å². The number of nitrogens with one attached hydrogen (secondary N) is 2. The summed E-state index contributed by atoms with van der Waals surface area (Å²) >= 11 is 1.72. The maximum Gasteiger partial charge on any atom is 0.278 e. The average molecular weight is 318 g/mol. The highest BCUT2D eigenvalue weighted by Gasteiger charge is 2.26. The van der Waals surface area contributed by atoms with Crippen LogP contribution in [0, 0.1) is 0 Å². The van der Waals surface area contributed by atoms with Gasteiger partial charge in [-0.05, 0) is 31.9 Å². The number of rotatable bonds is 5. The number of carbonyl (C=O) groups excluding carboxylic acids is 1. The van der Waals surface area contributed by atoms with Crippen molar-refractivity contribution in [1.82, 2.24) is 10.3 Å². The molecule has 1 aliphatic carbocycles. The van der Waals surface area contributed by atoms with E-state index in [-0.39, 0.29) is 11.9 Å². The highest BCUT2D eigenvalue weighted by atomic mass is 32.1. The Morgan fingerprint density at radius 1 is 1.41 bits per heavy atom. The van der Waals surface area contributed by atoms with Gasteiger partial charge < -0.3 is 10.2 Å². The number of aromatic nitrogens is 1. The van der Waals surface area contributed by atoms with Crippen LogP contribution < -0.4 is 10.2 Å². The zero-order valence-corrected chi connectivity index (χ0v) is 14.1. The second kappa shape index (κ2) is 6.75. The van der Waals surface area contributed by atoms with Gasteiger partial charge in [0.1, 0.15) is 11.6 Å².